The fourth-order valence-electron chi connectivity index (χ4n) is 4.20. The zero-order valence-electron chi connectivity index (χ0n) is 24.6. The van der Waals surface area contributed by atoms with E-state index < -0.39 is 21.8 Å². The molecule has 11 nitrogen and oxygen atoms in total. The van der Waals surface area contributed by atoms with Gasteiger partial charge in [-0.05, 0) is 86.6 Å². The number of hydrogen-bond acceptors (Lipinski definition) is 8. The molecule has 1 heterocycles. The van der Waals surface area contributed by atoms with Crippen molar-refractivity contribution < 1.29 is 22.7 Å². The molecule has 1 aromatic heterocycles. The van der Waals surface area contributed by atoms with E-state index in [2.05, 4.69) is 25.8 Å². The fourth-order valence-corrected chi connectivity index (χ4v) is 6.01. The third-order valence-electron chi connectivity index (χ3n) is 6.65. The van der Waals surface area contributed by atoms with Gasteiger partial charge in [0.05, 0.1) is 17.8 Å². The third kappa shape index (κ3) is 7.69. The van der Waals surface area contributed by atoms with Crippen molar-refractivity contribution in [1.82, 2.24) is 25.6 Å². The molecule has 0 aliphatic heterocycles. The maximum absolute atomic E-state index is 12.8. The van der Waals surface area contributed by atoms with E-state index in [4.69, 9.17) is 4.74 Å². The minimum Gasteiger partial charge on any atom is -0.497 e. The Kier molecular flexibility index (Phi) is 9.50. The Morgan fingerprint density at radius 3 is 2.04 bits per heavy atom. The van der Waals surface area contributed by atoms with Crippen LogP contribution in [0.5, 0.6) is 5.75 Å². The number of hydrazine groups is 1. The Labute approximate surface area is 265 Å². The van der Waals surface area contributed by atoms with Gasteiger partial charge in [-0.15, -0.1) is 10.2 Å². The van der Waals surface area contributed by atoms with Crippen molar-refractivity contribution in [3.8, 4) is 22.8 Å². The minimum absolute atomic E-state index is 0.0490. The van der Waals surface area contributed by atoms with E-state index in [1.54, 1.807) is 72.8 Å². The highest BCUT2D eigenvalue weighted by molar-refractivity contribution is 7.99. The lowest BCUT2D eigenvalue weighted by Gasteiger charge is -2.12. The largest absolute Gasteiger partial charge is 0.497 e. The topological polar surface area (TPSA) is 144 Å². The van der Waals surface area contributed by atoms with E-state index in [9.17, 15) is 18.0 Å². The van der Waals surface area contributed by atoms with Crippen LogP contribution in [0, 0.1) is 13.8 Å². The third-order valence-corrected chi connectivity index (χ3v) is 8.98. The monoisotopic (exact) mass is 642 g/mol. The Morgan fingerprint density at radius 1 is 0.800 bits per heavy atom. The summed E-state index contributed by atoms with van der Waals surface area (Å²) in [5.74, 6) is 0.162. The van der Waals surface area contributed by atoms with E-state index in [1.807, 2.05) is 42.7 Å². The van der Waals surface area contributed by atoms with Gasteiger partial charge in [-0.2, -0.15) is 0 Å². The Balaban J connectivity index is 1.30. The highest BCUT2D eigenvalue weighted by Gasteiger charge is 2.19. The SMILES string of the molecule is COc1ccc(C(=O)NNC(=O)CSc2nnc(-c3ccc(NS(=O)(=O)c4ccc(C)cc4)cc3)n2-c2ccc(C)cc2)cc1. The molecule has 3 N–H and O–H groups in total. The van der Waals surface area contributed by atoms with E-state index in [0.717, 1.165) is 28.6 Å². The lowest BCUT2D eigenvalue weighted by molar-refractivity contribution is -0.119. The summed E-state index contributed by atoms with van der Waals surface area (Å²) in [6.07, 6.45) is 0. The van der Waals surface area contributed by atoms with Gasteiger partial charge in [0, 0.05) is 22.5 Å². The molecule has 0 spiro atoms. The molecule has 2 amide bonds. The van der Waals surface area contributed by atoms with E-state index in [-0.39, 0.29) is 10.6 Å². The summed E-state index contributed by atoms with van der Waals surface area (Å²) in [7, 11) is -2.23. The van der Waals surface area contributed by atoms with Crippen molar-refractivity contribution in [3.05, 3.63) is 114 Å². The summed E-state index contributed by atoms with van der Waals surface area (Å²) in [6, 6.07) is 27.6. The van der Waals surface area contributed by atoms with Crippen molar-refractivity contribution in [3.63, 3.8) is 0 Å². The number of hydrogen-bond donors (Lipinski definition) is 3. The molecule has 5 aromatic rings. The van der Waals surface area contributed by atoms with Gasteiger partial charge in [-0.3, -0.25) is 29.7 Å². The van der Waals surface area contributed by atoms with Crippen LogP contribution in [0.1, 0.15) is 21.5 Å². The number of thioether (sulfide) groups is 1. The van der Waals surface area contributed by atoms with E-state index in [1.165, 1.54) is 7.11 Å². The van der Waals surface area contributed by atoms with Gasteiger partial charge in [-0.1, -0.05) is 47.2 Å². The lowest BCUT2D eigenvalue weighted by atomic mass is 10.2. The van der Waals surface area contributed by atoms with Gasteiger partial charge < -0.3 is 4.74 Å². The first-order valence-corrected chi connectivity index (χ1v) is 16.2. The number of anilines is 1. The predicted molar refractivity (Wildman–Crippen MR) is 173 cm³/mol. The summed E-state index contributed by atoms with van der Waals surface area (Å²) in [6.45, 7) is 3.87. The zero-order chi connectivity index (χ0) is 32.0. The fraction of sp³-hybridized carbons (Fsp3) is 0.125. The molecular weight excluding hydrogens is 613 g/mol. The smallest absolute Gasteiger partial charge is 0.269 e. The van der Waals surface area contributed by atoms with Crippen LogP contribution in [0.25, 0.3) is 17.1 Å². The van der Waals surface area contributed by atoms with Gasteiger partial charge in [-0.25, -0.2) is 8.42 Å². The average Bonchev–Trinajstić information content (AvgIpc) is 3.47. The Hall–Kier alpha value is -5.14. The Morgan fingerprint density at radius 2 is 1.42 bits per heavy atom. The first-order valence-electron chi connectivity index (χ1n) is 13.7. The quantitative estimate of drug-likeness (QED) is 0.144. The van der Waals surface area contributed by atoms with Gasteiger partial charge in [0.1, 0.15) is 5.75 Å². The van der Waals surface area contributed by atoms with Crippen LogP contribution < -0.4 is 20.3 Å². The summed E-state index contributed by atoms with van der Waals surface area (Å²) in [4.78, 5) is 25.2. The van der Waals surface area contributed by atoms with Crippen molar-refractivity contribution in [2.24, 2.45) is 0 Å². The second-order valence-corrected chi connectivity index (χ2v) is 12.6. The summed E-state index contributed by atoms with van der Waals surface area (Å²) in [5.41, 5.74) is 9.08. The molecule has 0 saturated carbocycles. The predicted octanol–water partition coefficient (Wildman–Crippen LogP) is 4.91. The van der Waals surface area contributed by atoms with Crippen LogP contribution in [-0.4, -0.2) is 47.9 Å². The number of methoxy groups -OCH3 is 1. The van der Waals surface area contributed by atoms with Crippen LogP contribution in [0.4, 0.5) is 5.69 Å². The van der Waals surface area contributed by atoms with Crippen molar-refractivity contribution in [1.29, 1.82) is 0 Å². The molecule has 0 bridgehead atoms. The summed E-state index contributed by atoms with van der Waals surface area (Å²) >= 11 is 1.15. The highest BCUT2D eigenvalue weighted by Crippen LogP contribution is 2.29. The molecule has 45 heavy (non-hydrogen) atoms. The zero-order valence-corrected chi connectivity index (χ0v) is 26.3. The number of ether oxygens (including phenoxy) is 1. The maximum atomic E-state index is 12.8. The minimum atomic E-state index is -3.76. The number of aryl methyl sites for hydroxylation is 2. The van der Waals surface area contributed by atoms with Crippen molar-refractivity contribution in [2.45, 2.75) is 23.9 Å². The molecular formula is C32H30N6O5S2. The van der Waals surface area contributed by atoms with Gasteiger partial charge in [0.15, 0.2) is 11.0 Å². The normalized spacial score (nSPS) is 11.1. The number of carbonyl (C=O) groups is 2. The van der Waals surface area contributed by atoms with Crippen LogP contribution in [0.2, 0.25) is 0 Å². The number of carbonyl (C=O) groups excluding carboxylic acids is 2. The lowest BCUT2D eigenvalue weighted by Crippen LogP contribution is -2.42. The maximum Gasteiger partial charge on any atom is 0.269 e. The van der Waals surface area contributed by atoms with Gasteiger partial charge in [0.25, 0.3) is 15.9 Å². The second-order valence-electron chi connectivity index (χ2n) is 9.99. The van der Waals surface area contributed by atoms with Gasteiger partial charge >= 0.3 is 0 Å². The number of sulfonamides is 1. The Bertz CT molecular complexity index is 1910. The molecule has 5 rings (SSSR count). The number of nitrogens with one attached hydrogen (secondary N) is 3. The van der Waals surface area contributed by atoms with Crippen molar-refractivity contribution in [2.75, 3.05) is 17.6 Å². The molecule has 4 aromatic carbocycles. The molecule has 0 saturated heterocycles. The summed E-state index contributed by atoms with van der Waals surface area (Å²) < 4.78 is 35.2. The molecule has 0 aliphatic carbocycles. The van der Waals surface area contributed by atoms with Crippen LogP contribution in [0.15, 0.2) is 107 Å². The molecule has 0 atom stereocenters. The van der Waals surface area contributed by atoms with Crippen molar-refractivity contribution >= 4 is 39.3 Å². The van der Waals surface area contributed by atoms with Crippen LogP contribution in [0.3, 0.4) is 0 Å². The number of nitrogens with zero attached hydrogens (tertiary/aromatic N) is 3. The standard InChI is InChI=1S/C32H30N6O5S2/c1-21-4-14-26(15-5-21)38-30(23-8-12-25(13-9-23)37-45(41,42)28-18-6-22(2)7-19-28)34-36-32(38)44-20-29(39)33-35-31(40)24-10-16-27(43-3)17-11-24/h4-19,37H,20H2,1-3H3,(H,33,39)(H,35,40). The van der Waals surface area contributed by atoms with Crippen LogP contribution >= 0.6 is 11.8 Å². The number of benzene rings is 4. The number of rotatable bonds is 10. The highest BCUT2D eigenvalue weighted by atomic mass is 32.2. The molecule has 0 fully saturated rings. The van der Waals surface area contributed by atoms with Gasteiger partial charge in [0.2, 0.25) is 5.91 Å². The molecule has 0 unspecified atom stereocenters. The summed E-state index contributed by atoms with van der Waals surface area (Å²) in [5, 5.41) is 9.18. The molecule has 13 heteroatoms. The number of aromatic nitrogens is 3. The van der Waals surface area contributed by atoms with E-state index in [0.29, 0.717) is 33.5 Å². The average molecular weight is 643 g/mol. The first-order chi connectivity index (χ1) is 21.6. The first kappa shape index (κ1) is 31.3. The second kappa shape index (κ2) is 13.7. The molecule has 0 radical (unpaired) electrons. The van der Waals surface area contributed by atoms with E-state index >= 15 is 0 Å². The molecule has 230 valence electrons. The number of amides is 2. The van der Waals surface area contributed by atoms with Crippen LogP contribution in [-0.2, 0) is 14.8 Å². The molecule has 0 aliphatic rings.